The molecule has 11 heteroatoms. The first kappa shape index (κ1) is 26.8. The minimum atomic E-state index is -0.893. The maximum absolute atomic E-state index is 14.3. The number of benzene rings is 1. The van der Waals surface area contributed by atoms with E-state index >= 15 is 0 Å². The summed E-state index contributed by atoms with van der Waals surface area (Å²) in [5.41, 5.74) is -1.73. The normalized spacial score (nSPS) is 20.6. The van der Waals surface area contributed by atoms with E-state index in [1.807, 2.05) is 0 Å². The summed E-state index contributed by atoms with van der Waals surface area (Å²) in [5.74, 6) is -3.50. The number of halogens is 2. The fourth-order valence-corrected chi connectivity index (χ4v) is 5.25. The van der Waals surface area contributed by atoms with Gasteiger partial charge in [0.25, 0.3) is 11.8 Å². The quantitative estimate of drug-likeness (QED) is 0.548. The van der Waals surface area contributed by atoms with Gasteiger partial charge in [-0.1, -0.05) is 37.6 Å². The maximum atomic E-state index is 14.3. The summed E-state index contributed by atoms with van der Waals surface area (Å²) in [6.45, 7) is 3.85. The first-order chi connectivity index (χ1) is 17.5. The largest absolute Gasteiger partial charge is 0.420 e. The number of pyridine rings is 1. The highest BCUT2D eigenvalue weighted by molar-refractivity contribution is 6.30. The molecule has 2 amide bonds. The van der Waals surface area contributed by atoms with Crippen LogP contribution in [0.2, 0.25) is 5.02 Å². The van der Waals surface area contributed by atoms with Gasteiger partial charge in [0, 0.05) is 45.6 Å². The van der Waals surface area contributed by atoms with Gasteiger partial charge in [0.1, 0.15) is 11.4 Å². The van der Waals surface area contributed by atoms with Gasteiger partial charge in [-0.2, -0.15) is 0 Å². The van der Waals surface area contributed by atoms with Crippen LogP contribution < -0.4 is 15.5 Å². The highest BCUT2D eigenvalue weighted by Gasteiger charge is 2.52. The van der Waals surface area contributed by atoms with Gasteiger partial charge in [-0.15, -0.1) is 0 Å². The number of amides is 2. The molecule has 1 aromatic heterocycles. The third-order valence-electron chi connectivity index (χ3n) is 6.89. The monoisotopic (exact) mass is 533 g/mol. The molecule has 1 N–H and O–H groups in total. The molecular formula is C26H29ClFN3O6. The van der Waals surface area contributed by atoms with E-state index in [0.29, 0.717) is 26.0 Å². The van der Waals surface area contributed by atoms with Crippen molar-refractivity contribution in [3.63, 3.8) is 0 Å². The van der Waals surface area contributed by atoms with Gasteiger partial charge in [0.05, 0.1) is 16.5 Å². The van der Waals surface area contributed by atoms with E-state index in [2.05, 4.69) is 5.32 Å². The van der Waals surface area contributed by atoms with Crippen LogP contribution in [-0.4, -0.2) is 54.6 Å². The number of fused-ring (bicyclic) bond motifs is 2. The minimum absolute atomic E-state index is 0.0685. The molecule has 0 atom stereocenters. The molecule has 2 aromatic rings. The molecule has 37 heavy (non-hydrogen) atoms. The van der Waals surface area contributed by atoms with E-state index in [1.165, 1.54) is 23.2 Å². The van der Waals surface area contributed by atoms with E-state index in [4.69, 9.17) is 21.1 Å². The Kier molecular flexibility index (Phi) is 7.43. The van der Waals surface area contributed by atoms with Gasteiger partial charge in [-0.05, 0) is 24.8 Å². The number of hydrogen-bond donors (Lipinski definition) is 1. The van der Waals surface area contributed by atoms with Crippen LogP contribution in [0.25, 0.3) is 0 Å². The van der Waals surface area contributed by atoms with Crippen LogP contribution in [0.5, 0.6) is 5.75 Å². The molecule has 2 aliphatic rings. The van der Waals surface area contributed by atoms with Crippen LogP contribution in [0.1, 0.15) is 53.1 Å². The molecule has 4 rings (SSSR count). The van der Waals surface area contributed by atoms with Crippen LogP contribution in [0.3, 0.4) is 0 Å². The number of nitrogens with one attached hydrogen (secondary N) is 1. The lowest BCUT2D eigenvalue weighted by atomic mass is 9.67. The predicted molar refractivity (Wildman–Crippen MR) is 133 cm³/mol. The van der Waals surface area contributed by atoms with Crippen molar-refractivity contribution in [1.82, 2.24) is 14.8 Å². The molecule has 1 aliphatic carbocycles. The second-order valence-corrected chi connectivity index (χ2v) is 10.4. The summed E-state index contributed by atoms with van der Waals surface area (Å²) < 4.78 is 26.7. The van der Waals surface area contributed by atoms with Crippen molar-refractivity contribution in [3.05, 3.63) is 62.3 Å². The van der Waals surface area contributed by atoms with Crippen LogP contribution in [0, 0.1) is 17.7 Å². The number of rotatable bonds is 7. The summed E-state index contributed by atoms with van der Waals surface area (Å²) >= 11 is 5.82. The molecule has 1 spiro atoms. The topological polar surface area (TPSA) is 107 Å². The molecular weight excluding hydrogens is 505 g/mol. The summed E-state index contributed by atoms with van der Waals surface area (Å²) in [6.07, 6.45) is 2.63. The van der Waals surface area contributed by atoms with Crippen LogP contribution >= 0.6 is 11.6 Å². The Morgan fingerprint density at radius 1 is 1.27 bits per heavy atom. The number of hydrogen-bond acceptors (Lipinski definition) is 6. The Morgan fingerprint density at radius 3 is 2.62 bits per heavy atom. The van der Waals surface area contributed by atoms with E-state index in [0.717, 1.165) is 0 Å². The van der Waals surface area contributed by atoms with Gasteiger partial charge in [-0.25, -0.2) is 4.39 Å². The molecule has 0 bridgehead atoms. The second kappa shape index (κ2) is 10.3. The zero-order chi connectivity index (χ0) is 27.1. The zero-order valence-corrected chi connectivity index (χ0v) is 21.9. The van der Waals surface area contributed by atoms with Gasteiger partial charge >= 0.3 is 5.97 Å². The first-order valence-corrected chi connectivity index (χ1v) is 12.3. The van der Waals surface area contributed by atoms with Crippen molar-refractivity contribution in [2.75, 3.05) is 27.3 Å². The Hall–Kier alpha value is -3.24. The van der Waals surface area contributed by atoms with Crippen LogP contribution in [-0.2, 0) is 21.6 Å². The molecule has 9 nitrogen and oxygen atoms in total. The number of carbonyl (C=O) groups excluding carboxylic acids is 3. The van der Waals surface area contributed by atoms with Crippen molar-refractivity contribution in [2.24, 2.45) is 11.8 Å². The average Bonchev–Trinajstić information content (AvgIpc) is 2.83. The van der Waals surface area contributed by atoms with Crippen molar-refractivity contribution in [1.29, 1.82) is 0 Å². The Balaban J connectivity index is 1.79. The number of likely N-dealkylation sites (N-methyl/N-ethyl adjacent to an activating group) is 1. The highest BCUT2D eigenvalue weighted by atomic mass is 35.5. The van der Waals surface area contributed by atoms with Crippen LogP contribution in [0.15, 0.2) is 29.2 Å². The summed E-state index contributed by atoms with van der Waals surface area (Å²) in [4.78, 5) is 53.9. The van der Waals surface area contributed by atoms with Gasteiger partial charge in [-0.3, -0.25) is 19.2 Å². The number of carbonyl (C=O) groups is 3. The Morgan fingerprint density at radius 2 is 1.97 bits per heavy atom. The summed E-state index contributed by atoms with van der Waals surface area (Å²) in [7, 11) is 3.23. The van der Waals surface area contributed by atoms with E-state index in [9.17, 15) is 23.6 Å². The predicted octanol–water partition coefficient (Wildman–Crippen LogP) is 2.97. The summed E-state index contributed by atoms with van der Waals surface area (Å²) in [6, 6.07) is 4.39. The summed E-state index contributed by atoms with van der Waals surface area (Å²) in [5, 5.41) is 2.45. The third kappa shape index (κ3) is 4.87. The number of ether oxygens (including phenoxy) is 2. The minimum Gasteiger partial charge on any atom is -0.420 e. The van der Waals surface area contributed by atoms with E-state index in [1.54, 1.807) is 38.6 Å². The molecule has 1 saturated carbocycles. The fourth-order valence-electron chi connectivity index (χ4n) is 5.06. The number of aromatic nitrogens is 1. The molecule has 0 radical (unpaired) electrons. The maximum Gasteiger partial charge on any atom is 0.313 e. The molecule has 0 unspecified atom stereocenters. The van der Waals surface area contributed by atoms with Gasteiger partial charge in [0.15, 0.2) is 5.69 Å². The van der Waals surface area contributed by atoms with Crippen molar-refractivity contribution in [2.45, 2.75) is 38.8 Å². The number of nitrogens with zero attached hydrogens (tertiary/aromatic N) is 2. The van der Waals surface area contributed by atoms with E-state index in [-0.39, 0.29) is 34.3 Å². The van der Waals surface area contributed by atoms with Crippen LogP contribution in [0.4, 0.5) is 4.39 Å². The SMILES string of the molecule is COCC1CC2(C1)CN(C)C(=O)c1c(OC(=O)C(C)C)c(=O)c(C(=O)NCc3cccc(Cl)c3F)cn12. The van der Waals surface area contributed by atoms with E-state index < -0.39 is 46.2 Å². The number of methoxy groups -OCH3 is 1. The lowest BCUT2D eigenvalue weighted by Crippen LogP contribution is -2.60. The molecule has 1 aliphatic heterocycles. The molecule has 2 heterocycles. The lowest BCUT2D eigenvalue weighted by molar-refractivity contribution is -0.137. The smallest absolute Gasteiger partial charge is 0.313 e. The standard InChI is InChI=1S/C26H29ClFN3O6/c1-14(2)25(35)37-22-20-24(34)30(3)13-26(8-15(9-26)12-36-4)31(20)11-17(21(22)32)23(33)29-10-16-6-5-7-18(27)19(16)28/h5-7,11,14-15H,8-10,12-13H2,1-4H3,(H,29,33). The van der Waals surface area contributed by atoms with Crippen molar-refractivity contribution < 1.29 is 28.2 Å². The Bertz CT molecular complexity index is 1320. The fraction of sp³-hybridized carbons (Fsp3) is 0.462. The van der Waals surface area contributed by atoms with Gasteiger partial charge < -0.3 is 24.3 Å². The first-order valence-electron chi connectivity index (χ1n) is 12.0. The average molecular weight is 534 g/mol. The third-order valence-corrected chi connectivity index (χ3v) is 7.18. The van der Waals surface area contributed by atoms with Gasteiger partial charge in [0.2, 0.25) is 11.2 Å². The molecule has 1 fully saturated rings. The molecule has 1 aromatic carbocycles. The Labute approximate surface area is 218 Å². The zero-order valence-electron chi connectivity index (χ0n) is 21.1. The molecule has 198 valence electrons. The molecule has 0 saturated heterocycles. The number of esters is 1. The van der Waals surface area contributed by atoms with Crippen molar-refractivity contribution in [3.8, 4) is 5.75 Å². The van der Waals surface area contributed by atoms with Crippen molar-refractivity contribution >= 4 is 29.4 Å². The highest BCUT2D eigenvalue weighted by Crippen LogP contribution is 2.48. The lowest BCUT2D eigenvalue weighted by Gasteiger charge is -2.54. The second-order valence-electron chi connectivity index (χ2n) is 10.0.